The minimum Gasteiger partial charge on any atom is -0.477 e. The van der Waals surface area contributed by atoms with Crippen molar-refractivity contribution < 1.29 is 243 Å². The number of hydrogen-bond acceptors (Lipinski definition) is 8. The quantitative estimate of drug-likeness (QED) is 0.0347. The molecule has 0 amide bonds. The first-order valence-corrected chi connectivity index (χ1v) is 33.7. The van der Waals surface area contributed by atoms with Gasteiger partial charge in [-0.25, -0.2) is 83.8 Å². The molecule has 64 heteroatoms. The van der Waals surface area contributed by atoms with Crippen LogP contribution in [0.25, 0.3) is 59.9 Å². The SMILES string of the molecule is CC(F)(c1c2c(c(C(F)(C(F)(F)F)C(F)(F)F)c3c(F)c(F)c(F)c(F)c13)C1=Nc3c4c(C(F)(C(F)(F)F)C(F)(F)F)c5c(F)c(F)c(F)c(F)c5c(C(C)(F)C(F)(F)F)c4c4n3Cn3c5c6c(C=C(C#N)C(=O)O)sc(C(F)(F)F)c6c3=NC2=[N+]1N[N+]1=C(N=5)c2c(c(C(F)(C(F)(F)F)C(F)(F)F)c3c(F)c(F)c(F)c(F)c3c2C(F)(C(F)(F)F)C(F)(F)F)C1N4)C(F)(F)F. The number of carbonyl (C=O) groups is 1. The third-order valence-electron chi connectivity index (χ3n) is 21.1. The van der Waals surface area contributed by atoms with Crippen LogP contribution in [0.5, 0.6) is 0 Å². The molecule has 6 aromatic carbocycles. The van der Waals surface area contributed by atoms with Crippen molar-refractivity contribution in [1.82, 2.24) is 14.7 Å². The van der Waals surface area contributed by atoms with Gasteiger partial charge in [-0.1, -0.05) is 5.53 Å². The molecule has 3 aromatic heterocycles. The van der Waals surface area contributed by atoms with Crippen LogP contribution >= 0.6 is 11.3 Å². The van der Waals surface area contributed by atoms with Crippen LogP contribution in [0.2, 0.25) is 0 Å². The molecule has 9 heterocycles. The maximum Gasteiger partial charge on any atom is 0.436 e. The third kappa shape index (κ3) is 11.5. The van der Waals surface area contributed by atoms with Crippen molar-refractivity contribution >= 4 is 106 Å². The third-order valence-corrected chi connectivity index (χ3v) is 22.3. The molecule has 700 valence electrons. The summed E-state index contributed by atoms with van der Waals surface area (Å²) in [5.41, 5.74) is -103. The number of thiophene rings is 1. The number of hydrogen-bond donors (Lipinski definition) is 3. The number of nitrogens with one attached hydrogen (secondary N) is 2. The highest BCUT2D eigenvalue weighted by atomic mass is 32.1. The Balaban J connectivity index is 1.57. The number of halogens is 51. The van der Waals surface area contributed by atoms with Gasteiger partial charge >= 0.3 is 108 Å². The lowest BCUT2D eigenvalue weighted by molar-refractivity contribution is -0.786. The van der Waals surface area contributed by atoms with Gasteiger partial charge in [0.25, 0.3) is 17.1 Å². The van der Waals surface area contributed by atoms with Crippen molar-refractivity contribution in [2.24, 2.45) is 15.0 Å². The van der Waals surface area contributed by atoms with E-state index >= 15 is 224 Å². The van der Waals surface area contributed by atoms with Gasteiger partial charge in [0.2, 0.25) is 17.5 Å². The highest BCUT2D eigenvalue weighted by Gasteiger charge is 2.82. The first-order chi connectivity index (χ1) is 58.4. The summed E-state index contributed by atoms with van der Waals surface area (Å²) in [6.45, 7) is -6.76. The van der Waals surface area contributed by atoms with E-state index in [1.807, 2.05) is 0 Å². The number of carboxylic acids is 1. The van der Waals surface area contributed by atoms with Crippen LogP contribution in [0.3, 0.4) is 0 Å². The fraction of sp³-hybridized carbons (Fsp3) is 0.318. The summed E-state index contributed by atoms with van der Waals surface area (Å²) in [6.07, 6.45) is -100. The number of nitriles is 1. The number of hydrazine groups is 2. The average molecular weight is 1980 g/mol. The Morgan fingerprint density at radius 1 is 0.400 bits per heavy atom. The number of nitrogens with zero attached hydrogens (tertiary/aromatic N) is 8. The van der Waals surface area contributed by atoms with Crippen molar-refractivity contribution in [3.63, 3.8) is 0 Å². The Labute approximate surface area is 675 Å². The van der Waals surface area contributed by atoms with Crippen LogP contribution in [-0.2, 0) is 51.7 Å². The molecule has 0 spiro atoms. The van der Waals surface area contributed by atoms with E-state index in [2.05, 4.69) is 15.0 Å². The molecule has 0 aliphatic carbocycles. The normalized spacial score (nSPS) is 17.5. The van der Waals surface area contributed by atoms with Crippen LogP contribution in [0.4, 0.5) is 236 Å². The van der Waals surface area contributed by atoms with E-state index in [0.29, 0.717) is 16.9 Å². The van der Waals surface area contributed by atoms with Gasteiger partial charge in [-0.2, -0.15) is 155 Å². The number of hydrazone groups is 2. The summed E-state index contributed by atoms with van der Waals surface area (Å²) >= 11 is -1.59. The number of amidine groups is 3. The Bertz CT molecular complexity index is 6970. The Morgan fingerprint density at radius 2 is 0.738 bits per heavy atom. The molecular weight excluding hydrogens is 1970 g/mol. The Kier molecular flexibility index (Phi) is 19.4. The van der Waals surface area contributed by atoms with E-state index in [4.69, 9.17) is 0 Å². The summed E-state index contributed by atoms with van der Waals surface area (Å²) in [4.78, 5) is 16.1. The first kappa shape index (κ1) is 94.3. The minimum absolute atomic E-state index is 0.500. The molecule has 6 aliphatic heterocycles. The standard InChI is InChI=1S/C66H11F51N10O2S/c1-50(79,57(88,89)90)22-9-11(30(69)36(75)34(73)28(9)67)24(52(81,59(94,95)96)60(97,98)99)17-15(22)42-120-48-20-19(26(54(83,63(106,107)108)64(109,110)111)13-14(33(72)39(78)38(77)32(13)71)27(20)55(84,65(112,113)114)66(115,116)117)47-119-41-8-7(3-6(4-118)49(128)129)130-40(56(85,86)87)21(8)44-122-45-16-18(46(126(45)123-127(47)48)121-43(17)125(42)5-124(41)44)25(53(82,61(100,101)102)62(103,104)105)12-10(23(16)51(2,80)58(91,92)93)29(68)35(74)37(76)31(12)70/h3,48,123H,5H2,1-2H3/p+2. The van der Waals surface area contributed by atoms with Crippen molar-refractivity contribution in [2.45, 2.75) is 129 Å². The predicted molar refractivity (Wildman–Crippen MR) is 324 cm³/mol. The number of rotatable bonds is 8. The molecule has 0 saturated carbocycles. The van der Waals surface area contributed by atoms with Gasteiger partial charge in [0, 0.05) is 86.9 Å². The monoisotopic (exact) mass is 1980 g/mol. The second kappa shape index (κ2) is 26.8. The number of aliphatic carboxylic acids is 1. The number of aromatic nitrogens is 2. The number of fused-ring (bicyclic) bond motifs is 7. The summed E-state index contributed by atoms with van der Waals surface area (Å²) in [7, 11) is 0. The van der Waals surface area contributed by atoms with Gasteiger partial charge < -0.3 is 10.4 Å². The summed E-state index contributed by atoms with van der Waals surface area (Å²) in [6, 6.07) is 0.522. The minimum atomic E-state index is -8.91. The van der Waals surface area contributed by atoms with E-state index in [-0.39, 0.29) is 0 Å². The second-order valence-electron chi connectivity index (χ2n) is 28.2. The molecule has 0 saturated heterocycles. The van der Waals surface area contributed by atoms with Gasteiger partial charge in [-0.05, 0) is 34.6 Å². The van der Waals surface area contributed by atoms with Gasteiger partial charge in [-0.15, -0.1) is 16.0 Å². The molecule has 15 rings (SSSR count). The van der Waals surface area contributed by atoms with E-state index in [1.54, 1.807) is 0 Å². The van der Waals surface area contributed by atoms with Gasteiger partial charge in [-0.3, -0.25) is 9.13 Å². The van der Waals surface area contributed by atoms with E-state index in [1.165, 1.54) is 0 Å². The molecule has 0 fully saturated rings. The van der Waals surface area contributed by atoms with E-state index in [0.717, 1.165) is 0 Å². The summed E-state index contributed by atoms with van der Waals surface area (Å²) in [5, 5.41) is -20.3. The molecule has 3 atom stereocenters. The van der Waals surface area contributed by atoms with Crippen LogP contribution in [0.15, 0.2) is 20.6 Å². The van der Waals surface area contributed by atoms with Gasteiger partial charge in [0.1, 0.15) is 29.0 Å². The van der Waals surface area contributed by atoms with Gasteiger partial charge in [0.05, 0.1) is 27.5 Å². The lowest BCUT2D eigenvalue weighted by atomic mass is 9.76. The zero-order valence-electron chi connectivity index (χ0n) is 59.5. The average Bonchev–Trinajstić information content (AvgIpc) is 1.52. The summed E-state index contributed by atoms with van der Waals surface area (Å²) in [5.74, 6) is -76.1. The molecule has 3 unspecified atom stereocenters. The molecule has 130 heavy (non-hydrogen) atoms. The van der Waals surface area contributed by atoms with Crippen molar-refractivity contribution in [2.75, 3.05) is 5.32 Å². The van der Waals surface area contributed by atoms with Crippen LogP contribution in [0, 0.1) is 81.1 Å². The number of carboxylic acid groups (broad SMARTS) is 1. The molecule has 12 nitrogen and oxygen atoms in total. The molecule has 3 N–H and O–H groups in total. The molecule has 6 aliphatic rings. The molecule has 0 radical (unpaired) electrons. The summed E-state index contributed by atoms with van der Waals surface area (Å²) < 4.78 is 847. The number of alkyl halides is 39. The van der Waals surface area contributed by atoms with Crippen molar-refractivity contribution in [3.05, 3.63) is 152 Å². The van der Waals surface area contributed by atoms with Crippen LogP contribution in [0.1, 0.15) is 85.4 Å². The first-order valence-electron chi connectivity index (χ1n) is 32.8. The van der Waals surface area contributed by atoms with Gasteiger partial charge in [0.15, 0.2) is 75.3 Å². The van der Waals surface area contributed by atoms with E-state index in [9.17, 15) is 15.2 Å². The maximum absolute atomic E-state index is 18.6. The highest BCUT2D eigenvalue weighted by Crippen LogP contribution is 2.69. The van der Waals surface area contributed by atoms with E-state index < -0.39 is 405 Å². The molecular formula is C66H13F51N10O2S+2. The zero-order chi connectivity index (χ0) is 98.6. The smallest absolute Gasteiger partial charge is 0.436 e. The maximum atomic E-state index is 18.6. The topological polar surface area (TPSA) is 138 Å². The predicted octanol–water partition coefficient (Wildman–Crippen LogP) is 22.4. The van der Waals surface area contributed by atoms with Crippen molar-refractivity contribution in [3.8, 4) is 6.07 Å². The fourth-order valence-electron chi connectivity index (χ4n) is 15.6. The highest BCUT2D eigenvalue weighted by molar-refractivity contribution is 7.14. The van der Waals surface area contributed by atoms with Crippen LogP contribution < -0.4 is 21.8 Å². The van der Waals surface area contributed by atoms with Crippen molar-refractivity contribution in [1.29, 1.82) is 5.26 Å². The number of benzene rings is 6. The number of anilines is 1. The molecule has 9 aromatic rings. The Hall–Kier alpha value is -11.8. The zero-order valence-corrected chi connectivity index (χ0v) is 60.3. The molecule has 12 bridgehead atoms. The van der Waals surface area contributed by atoms with Crippen LogP contribution in [-0.4, -0.2) is 109 Å². The Morgan fingerprint density at radius 3 is 1.12 bits per heavy atom. The number of aliphatic imine (C=N–C) groups is 1. The largest absolute Gasteiger partial charge is 0.477 e. The lowest BCUT2D eigenvalue weighted by Gasteiger charge is -2.37. The lowest BCUT2D eigenvalue weighted by Crippen LogP contribution is -2.53. The fourth-order valence-corrected chi connectivity index (χ4v) is 16.7. The second-order valence-corrected chi connectivity index (χ2v) is 29.2.